The summed E-state index contributed by atoms with van der Waals surface area (Å²) in [5.74, 6) is -2.98. The first-order chi connectivity index (χ1) is 14.0. The van der Waals surface area contributed by atoms with Crippen molar-refractivity contribution in [2.24, 2.45) is 23.7 Å². The van der Waals surface area contributed by atoms with Crippen molar-refractivity contribution < 1.29 is 34.8 Å². The lowest BCUT2D eigenvalue weighted by Gasteiger charge is -2.33. The van der Waals surface area contributed by atoms with Gasteiger partial charge in [-0.2, -0.15) is 0 Å². The number of hydrogen-bond donors (Lipinski definition) is 4. The molecule has 0 saturated heterocycles. The number of esters is 1. The van der Waals surface area contributed by atoms with Crippen LogP contribution in [-0.4, -0.2) is 63.2 Å². The van der Waals surface area contributed by atoms with Gasteiger partial charge in [-0.25, -0.2) is 0 Å². The minimum atomic E-state index is -1.17. The highest BCUT2D eigenvalue weighted by Crippen LogP contribution is 2.28. The fourth-order valence-corrected chi connectivity index (χ4v) is 3.86. The van der Waals surface area contributed by atoms with E-state index in [2.05, 4.69) is 0 Å². The minimum Gasteiger partial charge on any atom is -0.462 e. The molecule has 8 unspecified atom stereocenters. The maximum atomic E-state index is 12.5. The predicted octanol–water partition coefficient (Wildman–Crippen LogP) is 1.77. The summed E-state index contributed by atoms with van der Waals surface area (Å²) >= 11 is 0. The summed E-state index contributed by atoms with van der Waals surface area (Å²) in [6, 6.07) is 0. The monoisotopic (exact) mass is 426 g/mol. The molecule has 7 nitrogen and oxygen atoms in total. The summed E-state index contributed by atoms with van der Waals surface area (Å²) in [5, 5.41) is 41.2. The van der Waals surface area contributed by atoms with Gasteiger partial charge in [0.2, 0.25) is 0 Å². The third kappa shape index (κ3) is 7.61. The number of rotatable bonds is 3. The molecule has 1 heterocycles. The van der Waals surface area contributed by atoms with Crippen molar-refractivity contribution in [2.75, 3.05) is 6.61 Å². The highest BCUT2D eigenvalue weighted by Gasteiger charge is 2.35. The molecule has 0 aromatic heterocycles. The largest absolute Gasteiger partial charge is 0.462 e. The van der Waals surface area contributed by atoms with Crippen molar-refractivity contribution in [1.82, 2.24) is 0 Å². The maximum absolute atomic E-state index is 12.5. The van der Waals surface area contributed by atoms with Gasteiger partial charge in [-0.3, -0.25) is 9.59 Å². The lowest BCUT2D eigenvalue weighted by atomic mass is 9.79. The first kappa shape index (κ1) is 26.5. The zero-order chi connectivity index (χ0) is 23.0. The second kappa shape index (κ2) is 12.3. The molecule has 1 aliphatic heterocycles. The van der Waals surface area contributed by atoms with Gasteiger partial charge in [0.05, 0.1) is 31.3 Å². The van der Waals surface area contributed by atoms with Gasteiger partial charge >= 0.3 is 5.97 Å². The van der Waals surface area contributed by atoms with Crippen molar-refractivity contribution >= 4 is 11.8 Å². The van der Waals surface area contributed by atoms with Crippen molar-refractivity contribution in [1.29, 1.82) is 0 Å². The average molecular weight is 427 g/mol. The molecule has 0 radical (unpaired) electrons. The molecule has 0 spiro atoms. The van der Waals surface area contributed by atoms with Crippen LogP contribution in [0.25, 0.3) is 0 Å². The quantitative estimate of drug-likeness (QED) is 0.507. The molecule has 7 heteroatoms. The van der Waals surface area contributed by atoms with Gasteiger partial charge < -0.3 is 25.2 Å². The van der Waals surface area contributed by atoms with Crippen LogP contribution in [0.5, 0.6) is 0 Å². The smallest absolute Gasteiger partial charge is 0.308 e. The number of carbonyl (C=O) groups excluding carboxylic acids is 2. The van der Waals surface area contributed by atoms with Crippen LogP contribution in [-0.2, 0) is 14.3 Å². The van der Waals surface area contributed by atoms with Crippen LogP contribution < -0.4 is 0 Å². The van der Waals surface area contributed by atoms with Gasteiger partial charge in [0.1, 0.15) is 6.10 Å². The van der Waals surface area contributed by atoms with Crippen LogP contribution in [0.1, 0.15) is 53.9 Å². The number of hydrogen-bond acceptors (Lipinski definition) is 7. The predicted molar refractivity (Wildman–Crippen MR) is 113 cm³/mol. The molecule has 172 valence electrons. The molecular formula is C23H38O7. The van der Waals surface area contributed by atoms with Crippen LogP contribution in [0.3, 0.4) is 0 Å². The zero-order valence-electron chi connectivity index (χ0n) is 18.7. The Bertz CT molecular complexity index is 625. The number of cyclic esters (lactones) is 1. The number of aliphatic hydroxyl groups excluding tert-OH is 4. The Balaban J connectivity index is 3.29. The van der Waals surface area contributed by atoms with Crippen LogP contribution in [0, 0.1) is 23.7 Å². The molecule has 1 aliphatic rings. The van der Waals surface area contributed by atoms with E-state index in [1.165, 1.54) is 6.08 Å². The number of ether oxygens (including phenoxy) is 1. The van der Waals surface area contributed by atoms with E-state index in [-0.39, 0.29) is 25.2 Å². The van der Waals surface area contributed by atoms with Crippen LogP contribution >= 0.6 is 0 Å². The summed E-state index contributed by atoms with van der Waals surface area (Å²) < 4.78 is 5.49. The van der Waals surface area contributed by atoms with Crippen LogP contribution in [0.2, 0.25) is 0 Å². The highest BCUT2D eigenvalue weighted by molar-refractivity contribution is 5.91. The molecule has 0 aromatic carbocycles. The Labute approximate surface area is 179 Å². The van der Waals surface area contributed by atoms with Gasteiger partial charge in [-0.15, -0.1) is 0 Å². The van der Waals surface area contributed by atoms with Crippen molar-refractivity contribution in [2.45, 2.75) is 78.3 Å². The number of ketones is 1. The summed E-state index contributed by atoms with van der Waals surface area (Å²) in [6.07, 6.45) is 1.53. The van der Waals surface area contributed by atoms with E-state index in [4.69, 9.17) is 4.74 Å². The molecule has 0 fully saturated rings. The van der Waals surface area contributed by atoms with E-state index in [1.807, 2.05) is 6.92 Å². The van der Waals surface area contributed by atoms with Crippen molar-refractivity contribution in [3.05, 3.63) is 23.8 Å². The van der Waals surface area contributed by atoms with Crippen LogP contribution in [0.4, 0.5) is 0 Å². The van der Waals surface area contributed by atoms with Gasteiger partial charge in [-0.05, 0) is 32.8 Å². The first-order valence-electron chi connectivity index (χ1n) is 10.8. The minimum absolute atomic E-state index is 0.139. The standard InChI is InChI=1S/C23H38O7/c1-6-21-17(12-24)9-13(2)7-8-19(26)14(3)10-18(16(5)25)23(29)15(4)20(27)11-22(28)30-21/h7-9,14-18,20-21,23-25,27,29H,6,10-12H2,1-5H3/b8-7-,13-9+. The topological polar surface area (TPSA) is 124 Å². The Morgan fingerprint density at radius 1 is 1.20 bits per heavy atom. The Morgan fingerprint density at radius 2 is 1.83 bits per heavy atom. The van der Waals surface area contributed by atoms with Crippen molar-refractivity contribution in [3.63, 3.8) is 0 Å². The molecular weight excluding hydrogens is 388 g/mol. The molecule has 0 saturated carbocycles. The molecule has 0 aliphatic carbocycles. The normalized spacial score (nSPS) is 39.0. The second-order valence-corrected chi connectivity index (χ2v) is 8.59. The molecule has 0 amide bonds. The lowest BCUT2D eigenvalue weighted by Crippen LogP contribution is -2.42. The van der Waals surface area contributed by atoms with E-state index >= 15 is 0 Å². The molecule has 0 bridgehead atoms. The Morgan fingerprint density at radius 3 is 2.37 bits per heavy atom. The molecule has 0 aromatic rings. The third-order valence-electron chi connectivity index (χ3n) is 6.05. The Hall–Kier alpha value is -1.54. The fourth-order valence-electron chi connectivity index (χ4n) is 3.86. The van der Waals surface area contributed by atoms with Gasteiger partial charge in [0.25, 0.3) is 0 Å². The van der Waals surface area contributed by atoms with E-state index in [9.17, 15) is 30.0 Å². The Kier molecular flexibility index (Phi) is 10.9. The molecule has 30 heavy (non-hydrogen) atoms. The average Bonchev–Trinajstić information content (AvgIpc) is 2.70. The fraction of sp³-hybridized carbons (Fsp3) is 0.739. The lowest BCUT2D eigenvalue weighted by molar-refractivity contribution is -0.155. The van der Waals surface area contributed by atoms with Crippen LogP contribution in [0.15, 0.2) is 23.8 Å². The zero-order valence-corrected chi connectivity index (χ0v) is 18.7. The van der Waals surface area contributed by atoms with Gasteiger partial charge in [0.15, 0.2) is 5.78 Å². The first-order valence-corrected chi connectivity index (χ1v) is 10.8. The number of carbonyl (C=O) groups is 2. The summed E-state index contributed by atoms with van der Waals surface area (Å²) in [4.78, 5) is 24.9. The SMILES string of the molecule is CCC1OC(=O)CC(O)C(C)C(O)C(C(C)O)CC(C)C(=O)/C=C\C(C)=C\C1CO. The number of aliphatic hydroxyl groups is 4. The molecule has 8 atom stereocenters. The number of allylic oxidation sites excluding steroid dienone is 3. The van der Waals surface area contributed by atoms with E-state index in [0.717, 1.165) is 5.57 Å². The van der Waals surface area contributed by atoms with Gasteiger partial charge in [-0.1, -0.05) is 38.5 Å². The third-order valence-corrected chi connectivity index (χ3v) is 6.05. The highest BCUT2D eigenvalue weighted by atomic mass is 16.5. The van der Waals surface area contributed by atoms with E-state index in [1.54, 1.807) is 39.8 Å². The van der Waals surface area contributed by atoms with E-state index in [0.29, 0.717) is 6.42 Å². The van der Waals surface area contributed by atoms with E-state index < -0.39 is 54.1 Å². The summed E-state index contributed by atoms with van der Waals surface area (Å²) in [7, 11) is 0. The van der Waals surface area contributed by atoms with Crippen molar-refractivity contribution in [3.8, 4) is 0 Å². The molecule has 1 rings (SSSR count). The maximum Gasteiger partial charge on any atom is 0.308 e. The van der Waals surface area contributed by atoms with Gasteiger partial charge in [0, 0.05) is 23.7 Å². The summed E-state index contributed by atoms with van der Waals surface area (Å²) in [6.45, 7) is 8.28. The second-order valence-electron chi connectivity index (χ2n) is 8.59. The molecule has 4 N–H and O–H groups in total. The summed E-state index contributed by atoms with van der Waals surface area (Å²) in [5.41, 5.74) is 0.747.